The molecule has 0 saturated carbocycles. The van der Waals surface area contributed by atoms with Gasteiger partial charge < -0.3 is 15.3 Å². The van der Waals surface area contributed by atoms with E-state index < -0.39 is 16.8 Å². The lowest BCUT2D eigenvalue weighted by molar-refractivity contribution is 0.0693. The van der Waals surface area contributed by atoms with Crippen molar-refractivity contribution in [1.82, 2.24) is 0 Å². The zero-order chi connectivity index (χ0) is 25.0. The molecule has 3 N–H and O–H groups in total. The summed E-state index contributed by atoms with van der Waals surface area (Å²) >= 11 is 0. The third kappa shape index (κ3) is 4.79. The molecule has 0 aliphatic heterocycles. The van der Waals surface area contributed by atoms with E-state index in [1.807, 2.05) is 39.0 Å². The molecule has 0 spiro atoms. The Bertz CT molecular complexity index is 1000. The second-order valence-electron chi connectivity index (χ2n) is 12.5. The van der Waals surface area contributed by atoms with Crippen molar-refractivity contribution < 1.29 is 20.1 Å². The van der Waals surface area contributed by atoms with Gasteiger partial charge in [-0.25, -0.2) is 4.79 Å². The number of hydrogen-bond donors (Lipinski definition) is 3. The molecule has 0 bridgehead atoms. The van der Waals surface area contributed by atoms with Gasteiger partial charge in [-0.1, -0.05) is 94.4 Å². The minimum Gasteiger partial charge on any atom is -0.507 e. The molecule has 4 nitrogen and oxygen atoms in total. The Kier molecular flexibility index (Phi) is 6.30. The van der Waals surface area contributed by atoms with Crippen LogP contribution in [0.4, 0.5) is 0 Å². The third-order valence-corrected chi connectivity index (χ3v) is 6.32. The first-order valence-corrected chi connectivity index (χ1v) is 11.2. The normalized spacial score (nSPS) is 13.3. The van der Waals surface area contributed by atoms with Crippen molar-refractivity contribution in [3.8, 4) is 11.5 Å². The molecule has 0 saturated heterocycles. The van der Waals surface area contributed by atoms with Crippen molar-refractivity contribution in [2.75, 3.05) is 0 Å². The van der Waals surface area contributed by atoms with E-state index in [1.165, 1.54) is 0 Å². The van der Waals surface area contributed by atoms with Gasteiger partial charge in [0.05, 0.1) is 0 Å². The molecular weight excluding hydrogens is 400 g/mol. The van der Waals surface area contributed by atoms with Crippen molar-refractivity contribution in [3.05, 3.63) is 57.6 Å². The zero-order valence-electron chi connectivity index (χ0n) is 21.6. The van der Waals surface area contributed by atoms with Gasteiger partial charge in [-0.3, -0.25) is 0 Å². The highest BCUT2D eigenvalue weighted by molar-refractivity contribution is 5.92. The summed E-state index contributed by atoms with van der Waals surface area (Å²) in [6, 6.07) is 7.57. The molecule has 0 amide bonds. The Balaban J connectivity index is 2.92. The fourth-order valence-electron chi connectivity index (χ4n) is 4.04. The summed E-state index contributed by atoms with van der Waals surface area (Å²) in [4.78, 5) is 11.9. The number of carboxylic acids is 1. The molecule has 2 rings (SSSR count). The molecule has 0 unspecified atom stereocenters. The summed E-state index contributed by atoms with van der Waals surface area (Å²) < 4.78 is 0. The predicted molar refractivity (Wildman–Crippen MR) is 131 cm³/mol. The SMILES string of the molecule is CC(C)(C)c1cc(C(C)(C)c2cc(C(C)(C)C)c(O)c(C(C)(C)C)c2)cc(C(=O)O)c1O. The van der Waals surface area contributed by atoms with Crippen molar-refractivity contribution in [2.45, 2.75) is 97.8 Å². The van der Waals surface area contributed by atoms with Crippen LogP contribution in [0.2, 0.25) is 0 Å². The first-order valence-electron chi connectivity index (χ1n) is 11.2. The number of aromatic hydroxyl groups is 2. The van der Waals surface area contributed by atoms with E-state index in [2.05, 4.69) is 55.4 Å². The molecule has 0 aliphatic rings. The lowest BCUT2D eigenvalue weighted by Gasteiger charge is -2.34. The Hall–Kier alpha value is -2.49. The van der Waals surface area contributed by atoms with Crippen LogP contribution >= 0.6 is 0 Å². The van der Waals surface area contributed by atoms with Crippen LogP contribution in [0.5, 0.6) is 11.5 Å². The standard InChI is InChI=1S/C28H40O4/c1-25(2,3)19-13-16(12-18(22(19)29)24(31)32)28(10,11)17-14-20(26(4,5)6)23(30)21(15-17)27(7,8)9/h12-15,29-30H,1-11H3,(H,31,32). The largest absolute Gasteiger partial charge is 0.507 e. The average Bonchev–Trinajstić information content (AvgIpc) is 2.58. The zero-order valence-corrected chi connectivity index (χ0v) is 21.6. The van der Waals surface area contributed by atoms with Crippen LogP contribution in [0.3, 0.4) is 0 Å². The van der Waals surface area contributed by atoms with Crippen molar-refractivity contribution >= 4 is 5.97 Å². The fourth-order valence-corrected chi connectivity index (χ4v) is 4.04. The highest BCUT2D eigenvalue weighted by atomic mass is 16.4. The summed E-state index contributed by atoms with van der Waals surface area (Å²) in [6.07, 6.45) is 0. The molecule has 176 valence electrons. The maximum atomic E-state index is 11.9. The van der Waals surface area contributed by atoms with Gasteiger partial charge in [0.2, 0.25) is 0 Å². The molecule has 32 heavy (non-hydrogen) atoms. The number of phenols is 2. The lowest BCUT2D eigenvalue weighted by atomic mass is 9.70. The monoisotopic (exact) mass is 440 g/mol. The molecule has 0 atom stereocenters. The minimum absolute atomic E-state index is 0.0913. The quantitative estimate of drug-likeness (QED) is 0.479. The fraction of sp³-hybridized carbons (Fsp3) is 0.536. The average molecular weight is 441 g/mol. The second kappa shape index (κ2) is 7.83. The molecule has 0 radical (unpaired) electrons. The summed E-state index contributed by atoms with van der Waals surface area (Å²) in [6.45, 7) is 22.4. The number of aromatic carboxylic acids is 1. The number of carboxylic acid groups (broad SMARTS) is 1. The number of benzene rings is 2. The summed E-state index contributed by atoms with van der Waals surface area (Å²) in [7, 11) is 0. The number of rotatable bonds is 3. The van der Waals surface area contributed by atoms with Crippen LogP contribution in [0.1, 0.15) is 114 Å². The third-order valence-electron chi connectivity index (χ3n) is 6.32. The van der Waals surface area contributed by atoms with Gasteiger partial charge in [0, 0.05) is 11.0 Å². The smallest absolute Gasteiger partial charge is 0.339 e. The first kappa shape index (κ1) is 25.8. The van der Waals surface area contributed by atoms with Gasteiger partial charge in [-0.05, 0) is 44.6 Å². The maximum Gasteiger partial charge on any atom is 0.339 e. The summed E-state index contributed by atoms with van der Waals surface area (Å²) in [5.41, 5.74) is 2.51. The maximum absolute atomic E-state index is 11.9. The first-order chi connectivity index (χ1) is 14.2. The molecule has 2 aromatic rings. The van der Waals surface area contributed by atoms with Crippen LogP contribution in [0, 0.1) is 0 Å². The highest BCUT2D eigenvalue weighted by Gasteiger charge is 2.34. The summed E-state index contributed by atoms with van der Waals surface area (Å²) in [5, 5.41) is 31.6. The van der Waals surface area contributed by atoms with E-state index >= 15 is 0 Å². The van der Waals surface area contributed by atoms with Gasteiger partial charge in [0.25, 0.3) is 0 Å². The van der Waals surface area contributed by atoms with Gasteiger partial charge in [-0.15, -0.1) is 0 Å². The highest BCUT2D eigenvalue weighted by Crippen LogP contribution is 2.45. The Morgan fingerprint density at radius 1 is 0.594 bits per heavy atom. The topological polar surface area (TPSA) is 77.8 Å². The van der Waals surface area contributed by atoms with Crippen molar-refractivity contribution in [3.63, 3.8) is 0 Å². The second-order valence-corrected chi connectivity index (χ2v) is 12.5. The number of phenolic OH excluding ortho intramolecular Hbond substituents is 1. The van der Waals surface area contributed by atoms with Crippen molar-refractivity contribution in [1.29, 1.82) is 0 Å². The van der Waals surface area contributed by atoms with Gasteiger partial charge in [0.1, 0.15) is 17.1 Å². The molecule has 0 aliphatic carbocycles. The van der Waals surface area contributed by atoms with Crippen LogP contribution in [0.15, 0.2) is 24.3 Å². The summed E-state index contributed by atoms with van der Waals surface area (Å²) in [5.74, 6) is -1.01. The molecule has 0 fully saturated rings. The number of carbonyl (C=O) groups is 1. The Morgan fingerprint density at radius 2 is 0.906 bits per heavy atom. The van der Waals surface area contributed by atoms with E-state index in [4.69, 9.17) is 0 Å². The minimum atomic E-state index is -1.15. The van der Waals surface area contributed by atoms with Gasteiger partial charge in [-0.2, -0.15) is 0 Å². The van der Waals surface area contributed by atoms with E-state index in [1.54, 1.807) is 6.07 Å². The molecule has 0 aromatic heterocycles. The molecule has 2 aromatic carbocycles. The van der Waals surface area contributed by atoms with Crippen LogP contribution in [-0.4, -0.2) is 21.3 Å². The van der Waals surface area contributed by atoms with E-state index in [0.29, 0.717) is 11.3 Å². The van der Waals surface area contributed by atoms with Crippen LogP contribution in [-0.2, 0) is 21.7 Å². The molecular formula is C28H40O4. The Labute approximate surface area is 193 Å². The van der Waals surface area contributed by atoms with E-state index in [0.717, 1.165) is 22.3 Å². The predicted octanol–water partition coefficient (Wildman–Crippen LogP) is 7.01. The Morgan fingerprint density at radius 3 is 1.22 bits per heavy atom. The van der Waals surface area contributed by atoms with Crippen molar-refractivity contribution in [2.24, 2.45) is 0 Å². The van der Waals surface area contributed by atoms with E-state index in [-0.39, 0.29) is 22.1 Å². The van der Waals surface area contributed by atoms with Gasteiger partial charge in [0.15, 0.2) is 0 Å². The van der Waals surface area contributed by atoms with Crippen LogP contribution in [0.25, 0.3) is 0 Å². The van der Waals surface area contributed by atoms with E-state index in [9.17, 15) is 20.1 Å². The molecule has 0 heterocycles. The molecule has 4 heteroatoms. The van der Waals surface area contributed by atoms with Crippen LogP contribution < -0.4 is 0 Å². The van der Waals surface area contributed by atoms with Gasteiger partial charge >= 0.3 is 5.97 Å². The number of hydrogen-bond acceptors (Lipinski definition) is 3. The lowest BCUT2D eigenvalue weighted by Crippen LogP contribution is -2.25.